The molecule has 0 fully saturated rings. The molecule has 0 saturated heterocycles. The highest BCUT2D eigenvalue weighted by atomic mass is 16.5. The number of fused-ring (bicyclic) bond motifs is 1. The second kappa shape index (κ2) is 8.53. The van der Waals surface area contributed by atoms with Gasteiger partial charge in [-0.3, -0.25) is 4.40 Å². The second-order valence-corrected chi connectivity index (χ2v) is 6.56. The van der Waals surface area contributed by atoms with Gasteiger partial charge in [-0.25, -0.2) is 9.97 Å². The molecule has 0 aliphatic rings. The van der Waals surface area contributed by atoms with Crippen LogP contribution in [-0.2, 0) is 0 Å². The van der Waals surface area contributed by atoms with Crippen molar-refractivity contribution in [1.82, 2.24) is 14.4 Å². The molecule has 0 aliphatic carbocycles. The summed E-state index contributed by atoms with van der Waals surface area (Å²) in [5.74, 6) is 1.98. The number of hydrogen-bond donors (Lipinski definition) is 0. The summed E-state index contributed by atoms with van der Waals surface area (Å²) in [6.07, 6.45) is 3.98. The first-order chi connectivity index (χ1) is 14.7. The average Bonchev–Trinajstić information content (AvgIpc) is 3.28. The van der Waals surface area contributed by atoms with Gasteiger partial charge in [0, 0.05) is 36.3 Å². The van der Waals surface area contributed by atoms with Crippen molar-refractivity contribution >= 4 is 17.3 Å². The molecule has 150 valence electrons. The Morgan fingerprint density at radius 2 is 1.83 bits per heavy atom. The van der Waals surface area contributed by atoms with Crippen LogP contribution in [0.15, 0.2) is 67.0 Å². The number of nitriles is 1. The van der Waals surface area contributed by atoms with Crippen molar-refractivity contribution in [3.05, 3.63) is 67.0 Å². The predicted octanol–water partition coefficient (Wildman–Crippen LogP) is 4.47. The fourth-order valence-corrected chi connectivity index (χ4v) is 3.36. The molecule has 0 radical (unpaired) electrons. The lowest BCUT2D eigenvalue weighted by Crippen LogP contribution is -2.22. The molecule has 2 aromatic carbocycles. The van der Waals surface area contributed by atoms with E-state index in [1.54, 1.807) is 20.4 Å². The van der Waals surface area contributed by atoms with Gasteiger partial charge in [-0.1, -0.05) is 18.2 Å². The molecule has 0 bridgehead atoms. The standard InChI is InChI=1S/C23H21N5O2/c1-29-20-10-9-17(15-21(20)30-2)19-16-22-25-12-14-28(22)23(26-19)27(13-6-11-24)18-7-4-3-5-8-18/h3-5,7-10,12,14-16H,6,13H2,1-2H3. The number of methoxy groups -OCH3 is 2. The summed E-state index contributed by atoms with van der Waals surface area (Å²) in [6.45, 7) is 0.510. The van der Waals surface area contributed by atoms with Gasteiger partial charge in [-0.15, -0.1) is 0 Å². The van der Waals surface area contributed by atoms with E-state index in [4.69, 9.17) is 14.5 Å². The molecule has 0 spiro atoms. The average molecular weight is 399 g/mol. The Hall–Kier alpha value is -4.05. The number of hydrogen-bond acceptors (Lipinski definition) is 6. The van der Waals surface area contributed by atoms with Crippen molar-refractivity contribution in [3.63, 3.8) is 0 Å². The van der Waals surface area contributed by atoms with Gasteiger partial charge in [-0.2, -0.15) is 5.26 Å². The minimum Gasteiger partial charge on any atom is -0.493 e. The molecule has 0 amide bonds. The molecular formula is C23H21N5O2. The van der Waals surface area contributed by atoms with Gasteiger partial charge >= 0.3 is 0 Å². The van der Waals surface area contributed by atoms with Gasteiger partial charge < -0.3 is 14.4 Å². The van der Waals surface area contributed by atoms with Gasteiger partial charge in [0.15, 0.2) is 11.5 Å². The van der Waals surface area contributed by atoms with Crippen LogP contribution in [0.3, 0.4) is 0 Å². The number of ether oxygens (including phenoxy) is 2. The van der Waals surface area contributed by atoms with Crippen molar-refractivity contribution in [1.29, 1.82) is 5.26 Å². The number of anilines is 2. The van der Waals surface area contributed by atoms with Crippen LogP contribution in [0.2, 0.25) is 0 Å². The third kappa shape index (κ3) is 3.63. The number of para-hydroxylation sites is 1. The predicted molar refractivity (Wildman–Crippen MR) is 115 cm³/mol. The van der Waals surface area contributed by atoms with E-state index in [9.17, 15) is 5.26 Å². The van der Waals surface area contributed by atoms with E-state index in [1.165, 1.54) is 0 Å². The molecular weight excluding hydrogens is 378 g/mol. The number of aromatic nitrogens is 3. The lowest BCUT2D eigenvalue weighted by molar-refractivity contribution is 0.355. The summed E-state index contributed by atoms with van der Waals surface area (Å²) >= 11 is 0. The van der Waals surface area contributed by atoms with Crippen LogP contribution in [0.5, 0.6) is 11.5 Å². The van der Waals surface area contributed by atoms with Crippen LogP contribution in [0.1, 0.15) is 6.42 Å². The van der Waals surface area contributed by atoms with E-state index in [1.807, 2.05) is 70.1 Å². The number of nitrogens with zero attached hydrogens (tertiary/aromatic N) is 5. The molecule has 0 N–H and O–H groups in total. The topological polar surface area (TPSA) is 75.7 Å². The zero-order valence-corrected chi connectivity index (χ0v) is 16.8. The molecule has 7 heteroatoms. The normalized spacial score (nSPS) is 10.6. The molecule has 4 rings (SSSR count). The Morgan fingerprint density at radius 3 is 2.57 bits per heavy atom. The van der Waals surface area contributed by atoms with Crippen LogP contribution in [-0.4, -0.2) is 35.1 Å². The van der Waals surface area contributed by atoms with Crippen LogP contribution < -0.4 is 14.4 Å². The highest BCUT2D eigenvalue weighted by Gasteiger charge is 2.17. The fourth-order valence-electron chi connectivity index (χ4n) is 3.36. The van der Waals surface area contributed by atoms with E-state index in [2.05, 4.69) is 11.1 Å². The number of imidazole rings is 1. The first-order valence-corrected chi connectivity index (χ1v) is 9.51. The van der Waals surface area contributed by atoms with Crippen molar-refractivity contribution in [2.24, 2.45) is 0 Å². The number of benzene rings is 2. The molecule has 2 aromatic heterocycles. The third-order valence-electron chi connectivity index (χ3n) is 4.81. The van der Waals surface area contributed by atoms with Crippen molar-refractivity contribution < 1.29 is 9.47 Å². The minimum absolute atomic E-state index is 0.368. The van der Waals surface area contributed by atoms with Crippen molar-refractivity contribution in [2.75, 3.05) is 25.7 Å². The van der Waals surface area contributed by atoms with Gasteiger partial charge in [0.25, 0.3) is 0 Å². The van der Waals surface area contributed by atoms with Crippen LogP contribution in [0.25, 0.3) is 16.9 Å². The molecule has 0 atom stereocenters. The van der Waals surface area contributed by atoms with E-state index < -0.39 is 0 Å². The van der Waals surface area contributed by atoms with Gasteiger partial charge in [-0.05, 0) is 30.3 Å². The molecule has 0 aliphatic heterocycles. The lowest BCUT2D eigenvalue weighted by Gasteiger charge is -2.24. The van der Waals surface area contributed by atoms with E-state index in [0.29, 0.717) is 30.4 Å². The molecule has 7 nitrogen and oxygen atoms in total. The van der Waals surface area contributed by atoms with E-state index in [-0.39, 0.29) is 0 Å². The maximum absolute atomic E-state index is 9.18. The maximum Gasteiger partial charge on any atom is 0.216 e. The van der Waals surface area contributed by atoms with Crippen LogP contribution in [0, 0.1) is 11.3 Å². The largest absolute Gasteiger partial charge is 0.493 e. The van der Waals surface area contributed by atoms with Crippen LogP contribution in [0.4, 0.5) is 11.6 Å². The third-order valence-corrected chi connectivity index (χ3v) is 4.81. The Balaban J connectivity index is 1.88. The first-order valence-electron chi connectivity index (χ1n) is 9.51. The zero-order valence-electron chi connectivity index (χ0n) is 16.8. The molecule has 0 unspecified atom stereocenters. The Bertz CT molecular complexity index is 1200. The Morgan fingerprint density at radius 1 is 1.03 bits per heavy atom. The smallest absolute Gasteiger partial charge is 0.216 e. The van der Waals surface area contributed by atoms with Gasteiger partial charge in [0.2, 0.25) is 5.95 Å². The van der Waals surface area contributed by atoms with Crippen molar-refractivity contribution in [3.8, 4) is 28.8 Å². The highest BCUT2D eigenvalue weighted by Crippen LogP contribution is 2.33. The summed E-state index contributed by atoms with van der Waals surface area (Å²) in [6, 6.07) is 19.8. The maximum atomic E-state index is 9.18. The summed E-state index contributed by atoms with van der Waals surface area (Å²) in [5, 5.41) is 9.18. The Kier molecular flexibility index (Phi) is 5.48. The summed E-state index contributed by atoms with van der Waals surface area (Å²) < 4.78 is 12.7. The lowest BCUT2D eigenvalue weighted by atomic mass is 10.1. The van der Waals surface area contributed by atoms with Crippen LogP contribution >= 0.6 is 0 Å². The molecule has 2 heterocycles. The molecule has 4 aromatic rings. The van der Waals surface area contributed by atoms with Crippen molar-refractivity contribution in [2.45, 2.75) is 6.42 Å². The summed E-state index contributed by atoms with van der Waals surface area (Å²) in [4.78, 5) is 11.5. The Labute approximate surface area is 174 Å². The van der Waals surface area contributed by atoms with E-state index in [0.717, 1.165) is 22.6 Å². The summed E-state index contributed by atoms with van der Waals surface area (Å²) in [7, 11) is 3.22. The quantitative estimate of drug-likeness (QED) is 0.457. The fraction of sp³-hybridized carbons (Fsp3) is 0.174. The van der Waals surface area contributed by atoms with Gasteiger partial charge in [0.1, 0.15) is 5.65 Å². The minimum atomic E-state index is 0.368. The second-order valence-electron chi connectivity index (χ2n) is 6.56. The molecule has 30 heavy (non-hydrogen) atoms. The monoisotopic (exact) mass is 399 g/mol. The van der Waals surface area contributed by atoms with E-state index >= 15 is 0 Å². The number of rotatable bonds is 7. The molecule has 0 saturated carbocycles. The summed E-state index contributed by atoms with van der Waals surface area (Å²) in [5.41, 5.74) is 3.36. The highest BCUT2D eigenvalue weighted by molar-refractivity contribution is 5.71. The SMILES string of the molecule is COc1ccc(-c2cc3nccn3c(N(CCC#N)c3ccccc3)n2)cc1OC. The zero-order chi connectivity index (χ0) is 20.9. The first kappa shape index (κ1) is 19.3. The van der Waals surface area contributed by atoms with Gasteiger partial charge in [0.05, 0.1) is 32.4 Å².